The summed E-state index contributed by atoms with van der Waals surface area (Å²) >= 11 is 0. The average molecular weight is 300 g/mol. The van der Waals surface area contributed by atoms with Gasteiger partial charge in [-0.3, -0.25) is 4.79 Å². The fourth-order valence-electron chi connectivity index (χ4n) is 2.31. The molecule has 110 valence electrons. The van der Waals surface area contributed by atoms with Gasteiger partial charge in [-0.1, -0.05) is 0 Å². The van der Waals surface area contributed by atoms with E-state index in [1.54, 1.807) is 0 Å². The van der Waals surface area contributed by atoms with Crippen LogP contribution in [0.1, 0.15) is 18.4 Å². The van der Waals surface area contributed by atoms with Crippen LogP contribution < -0.4 is 5.73 Å². The molecule has 20 heavy (non-hydrogen) atoms. The number of sulfonamides is 1. The molecule has 2 rings (SSSR count). The third-order valence-corrected chi connectivity index (χ3v) is 5.52. The maximum Gasteiger partial charge on any atom is 0.243 e. The van der Waals surface area contributed by atoms with Gasteiger partial charge in [0.05, 0.1) is 4.90 Å². The zero-order chi connectivity index (χ0) is 14.9. The van der Waals surface area contributed by atoms with Crippen LogP contribution in [0, 0.1) is 18.7 Å². The number of hydrogen-bond acceptors (Lipinski definition) is 3. The number of hydrogen-bond donors (Lipinski definition) is 1. The lowest BCUT2D eigenvalue weighted by Crippen LogP contribution is -2.41. The Morgan fingerprint density at radius 2 is 1.95 bits per heavy atom. The summed E-state index contributed by atoms with van der Waals surface area (Å²) in [5.41, 5.74) is 5.51. The Labute approximate surface area is 117 Å². The number of nitrogens with zero attached hydrogens (tertiary/aromatic N) is 1. The number of aryl methyl sites for hydroxylation is 1. The molecule has 0 aromatic heterocycles. The van der Waals surface area contributed by atoms with Crippen molar-refractivity contribution >= 4 is 15.9 Å². The predicted octanol–water partition coefficient (Wildman–Crippen LogP) is 1.02. The van der Waals surface area contributed by atoms with E-state index in [0.717, 1.165) is 6.07 Å². The summed E-state index contributed by atoms with van der Waals surface area (Å²) in [5, 5.41) is 0. The maximum absolute atomic E-state index is 13.2. The van der Waals surface area contributed by atoms with Crippen LogP contribution in [-0.4, -0.2) is 31.7 Å². The summed E-state index contributed by atoms with van der Waals surface area (Å²) in [7, 11) is -3.64. The van der Waals surface area contributed by atoms with Crippen molar-refractivity contribution in [1.29, 1.82) is 0 Å². The molecule has 7 heteroatoms. The molecule has 1 aromatic carbocycles. The number of rotatable bonds is 3. The molecule has 1 fully saturated rings. The van der Waals surface area contributed by atoms with Gasteiger partial charge in [-0.2, -0.15) is 4.31 Å². The lowest BCUT2D eigenvalue weighted by atomic mass is 9.98. The average Bonchev–Trinajstić information content (AvgIpc) is 2.41. The summed E-state index contributed by atoms with van der Waals surface area (Å²) in [6, 6.07) is 3.74. The van der Waals surface area contributed by atoms with E-state index in [4.69, 9.17) is 5.73 Å². The molecule has 0 radical (unpaired) electrons. The smallest absolute Gasteiger partial charge is 0.243 e. The highest BCUT2D eigenvalue weighted by molar-refractivity contribution is 7.89. The van der Waals surface area contributed by atoms with E-state index in [1.165, 1.54) is 23.4 Å². The lowest BCUT2D eigenvalue weighted by Gasteiger charge is -2.29. The van der Waals surface area contributed by atoms with Crippen molar-refractivity contribution in [3.8, 4) is 0 Å². The molecule has 5 nitrogen and oxygen atoms in total. The largest absolute Gasteiger partial charge is 0.369 e. The number of halogens is 1. The summed E-state index contributed by atoms with van der Waals surface area (Å²) < 4.78 is 39.4. The van der Waals surface area contributed by atoms with Crippen molar-refractivity contribution in [3.05, 3.63) is 29.6 Å². The Hall–Kier alpha value is -1.47. The van der Waals surface area contributed by atoms with Crippen molar-refractivity contribution < 1.29 is 17.6 Å². The Morgan fingerprint density at radius 3 is 2.45 bits per heavy atom. The third-order valence-electron chi connectivity index (χ3n) is 3.62. The van der Waals surface area contributed by atoms with Crippen LogP contribution in [0.5, 0.6) is 0 Å². The molecule has 1 amide bonds. The molecule has 1 saturated heterocycles. The van der Waals surface area contributed by atoms with Gasteiger partial charge in [0.1, 0.15) is 5.82 Å². The van der Waals surface area contributed by atoms with Crippen molar-refractivity contribution in [2.24, 2.45) is 11.7 Å². The summed E-state index contributed by atoms with van der Waals surface area (Å²) in [6.45, 7) is 2.03. The normalized spacial score (nSPS) is 18.1. The van der Waals surface area contributed by atoms with E-state index < -0.39 is 15.8 Å². The van der Waals surface area contributed by atoms with E-state index in [0.29, 0.717) is 12.8 Å². The summed E-state index contributed by atoms with van der Waals surface area (Å²) in [4.78, 5) is 11.2. The van der Waals surface area contributed by atoms with Crippen molar-refractivity contribution in [1.82, 2.24) is 4.31 Å². The Morgan fingerprint density at radius 1 is 1.35 bits per heavy atom. The molecule has 1 heterocycles. The van der Waals surface area contributed by atoms with Gasteiger partial charge in [-0.15, -0.1) is 0 Å². The monoisotopic (exact) mass is 300 g/mol. The van der Waals surface area contributed by atoms with Gasteiger partial charge in [-0.25, -0.2) is 12.8 Å². The molecular weight excluding hydrogens is 283 g/mol. The Kier molecular flexibility index (Phi) is 4.10. The number of nitrogens with two attached hydrogens (primary N) is 1. The quantitative estimate of drug-likeness (QED) is 0.905. The van der Waals surface area contributed by atoms with Crippen LogP contribution in [0.15, 0.2) is 23.1 Å². The maximum atomic E-state index is 13.2. The van der Waals surface area contributed by atoms with Gasteiger partial charge in [0, 0.05) is 19.0 Å². The number of carbonyl (C=O) groups excluding carboxylic acids is 1. The van der Waals surface area contributed by atoms with Crippen LogP contribution in [0.2, 0.25) is 0 Å². The van der Waals surface area contributed by atoms with Gasteiger partial charge >= 0.3 is 0 Å². The molecular formula is C13H17FN2O3S. The number of piperidine rings is 1. The molecule has 0 bridgehead atoms. The number of benzene rings is 1. The van der Waals surface area contributed by atoms with Gasteiger partial charge < -0.3 is 5.73 Å². The Bertz CT molecular complexity index is 623. The first-order valence-corrected chi connectivity index (χ1v) is 7.82. The van der Waals surface area contributed by atoms with E-state index in [1.807, 2.05) is 0 Å². The summed E-state index contributed by atoms with van der Waals surface area (Å²) in [5.74, 6) is -1.09. The van der Waals surface area contributed by atoms with Crippen molar-refractivity contribution in [3.63, 3.8) is 0 Å². The SMILES string of the molecule is Cc1cc(S(=O)(=O)N2CCC(C(N)=O)CC2)ccc1F. The molecule has 0 atom stereocenters. The highest BCUT2D eigenvalue weighted by Gasteiger charge is 2.31. The van der Waals surface area contributed by atoms with Crippen LogP contribution in [0.4, 0.5) is 4.39 Å². The van der Waals surface area contributed by atoms with E-state index in [-0.39, 0.29) is 35.4 Å². The first kappa shape index (κ1) is 14.9. The lowest BCUT2D eigenvalue weighted by molar-refractivity contribution is -0.122. The standard InChI is InChI=1S/C13H17FN2O3S/c1-9-8-11(2-3-12(9)14)20(18,19)16-6-4-10(5-7-16)13(15)17/h2-3,8,10H,4-7H2,1H3,(H2,15,17). The number of primary amides is 1. The topological polar surface area (TPSA) is 80.5 Å². The molecule has 2 N–H and O–H groups in total. The molecule has 0 saturated carbocycles. The number of carbonyl (C=O) groups is 1. The van der Waals surface area contributed by atoms with Crippen molar-refractivity contribution in [2.45, 2.75) is 24.7 Å². The van der Waals surface area contributed by atoms with Crippen LogP contribution >= 0.6 is 0 Å². The van der Waals surface area contributed by atoms with Crippen molar-refractivity contribution in [2.75, 3.05) is 13.1 Å². The molecule has 1 aromatic rings. The van der Waals surface area contributed by atoms with Crippen LogP contribution in [0.3, 0.4) is 0 Å². The first-order valence-electron chi connectivity index (χ1n) is 6.38. The second kappa shape index (κ2) is 5.49. The first-order chi connectivity index (χ1) is 9.32. The minimum atomic E-state index is -3.64. The zero-order valence-electron chi connectivity index (χ0n) is 11.2. The van der Waals surface area contributed by atoms with E-state index in [2.05, 4.69) is 0 Å². The Balaban J connectivity index is 2.19. The van der Waals surface area contributed by atoms with Crippen LogP contribution in [0.25, 0.3) is 0 Å². The van der Waals surface area contributed by atoms with Crippen LogP contribution in [-0.2, 0) is 14.8 Å². The molecule has 0 unspecified atom stereocenters. The summed E-state index contributed by atoms with van der Waals surface area (Å²) in [6.07, 6.45) is 0.851. The minimum Gasteiger partial charge on any atom is -0.369 e. The highest BCUT2D eigenvalue weighted by atomic mass is 32.2. The number of amides is 1. The molecule has 1 aliphatic heterocycles. The molecule has 1 aliphatic rings. The van der Waals surface area contributed by atoms with E-state index >= 15 is 0 Å². The van der Waals surface area contributed by atoms with Gasteiger partial charge in [0.15, 0.2) is 0 Å². The predicted molar refractivity (Wildman–Crippen MR) is 71.8 cm³/mol. The van der Waals surface area contributed by atoms with Gasteiger partial charge in [-0.05, 0) is 43.5 Å². The third kappa shape index (κ3) is 2.83. The highest BCUT2D eigenvalue weighted by Crippen LogP contribution is 2.24. The molecule has 0 aliphatic carbocycles. The second-order valence-corrected chi connectivity index (χ2v) is 6.93. The zero-order valence-corrected chi connectivity index (χ0v) is 12.0. The van der Waals surface area contributed by atoms with Gasteiger partial charge in [0.25, 0.3) is 0 Å². The van der Waals surface area contributed by atoms with Gasteiger partial charge in [0.2, 0.25) is 15.9 Å². The fourth-order valence-corrected chi connectivity index (χ4v) is 3.86. The molecule has 0 spiro atoms. The second-order valence-electron chi connectivity index (χ2n) is 4.99. The fraction of sp³-hybridized carbons (Fsp3) is 0.462. The van der Waals surface area contributed by atoms with E-state index in [9.17, 15) is 17.6 Å². The minimum absolute atomic E-state index is 0.0777.